The molecule has 0 aromatic carbocycles. The summed E-state index contributed by atoms with van der Waals surface area (Å²) >= 11 is 0. The molecule has 4 heteroatoms. The number of halogens is 1. The van der Waals surface area contributed by atoms with Crippen molar-refractivity contribution in [3.63, 3.8) is 0 Å². The van der Waals surface area contributed by atoms with Gasteiger partial charge in [-0.2, -0.15) is 4.39 Å². The Morgan fingerprint density at radius 1 is 1.54 bits per heavy atom. The number of carbonyl (C=O) groups excluding carboxylic acids is 1. The van der Waals surface area contributed by atoms with Gasteiger partial charge in [0.15, 0.2) is 0 Å². The van der Waals surface area contributed by atoms with Crippen molar-refractivity contribution in [2.45, 2.75) is 18.9 Å². The van der Waals surface area contributed by atoms with Gasteiger partial charge in [0.1, 0.15) is 0 Å². The van der Waals surface area contributed by atoms with Crippen molar-refractivity contribution in [3.05, 3.63) is 29.8 Å². The maximum absolute atomic E-state index is 12.5. The van der Waals surface area contributed by atoms with Crippen LogP contribution in [0.1, 0.15) is 24.4 Å². The minimum atomic E-state index is -0.493. The van der Waals surface area contributed by atoms with Crippen LogP contribution in [-0.4, -0.2) is 10.9 Å². The standard InChI is InChI=1S/C9H9FN2O/c10-8-3-1-6(5-11-8)7-2-4-9(13)12-7/h1,3,5,7H,2,4H2,(H,12,13). The number of amides is 1. The van der Waals surface area contributed by atoms with Gasteiger partial charge in [-0.15, -0.1) is 0 Å². The van der Waals surface area contributed by atoms with E-state index < -0.39 is 5.95 Å². The minimum Gasteiger partial charge on any atom is -0.349 e. The molecule has 0 radical (unpaired) electrons. The Balaban J connectivity index is 2.17. The minimum absolute atomic E-state index is 0.0144. The van der Waals surface area contributed by atoms with Gasteiger partial charge < -0.3 is 5.32 Å². The Kier molecular flexibility index (Phi) is 1.96. The van der Waals surface area contributed by atoms with Crippen molar-refractivity contribution < 1.29 is 9.18 Å². The van der Waals surface area contributed by atoms with E-state index in [1.807, 2.05) is 0 Å². The topological polar surface area (TPSA) is 42.0 Å². The Bertz CT molecular complexity index is 323. The maximum Gasteiger partial charge on any atom is 0.220 e. The number of pyridine rings is 1. The first kappa shape index (κ1) is 8.16. The van der Waals surface area contributed by atoms with Crippen LogP contribution in [0.4, 0.5) is 4.39 Å². The molecule has 1 fully saturated rings. The lowest BCUT2D eigenvalue weighted by Gasteiger charge is -2.08. The predicted molar refractivity (Wildman–Crippen MR) is 44.3 cm³/mol. The molecule has 0 saturated carbocycles. The average Bonchev–Trinajstić information content (AvgIpc) is 2.53. The third kappa shape index (κ3) is 1.66. The number of carbonyl (C=O) groups is 1. The summed E-state index contributed by atoms with van der Waals surface area (Å²) in [7, 11) is 0. The fraction of sp³-hybridized carbons (Fsp3) is 0.333. The number of hydrogen-bond donors (Lipinski definition) is 1. The molecule has 0 bridgehead atoms. The molecule has 1 amide bonds. The van der Waals surface area contributed by atoms with Crippen LogP contribution in [0, 0.1) is 5.95 Å². The van der Waals surface area contributed by atoms with Gasteiger partial charge in [0.2, 0.25) is 11.9 Å². The van der Waals surface area contributed by atoms with E-state index in [1.54, 1.807) is 6.07 Å². The predicted octanol–water partition coefficient (Wildman–Crippen LogP) is 1.17. The van der Waals surface area contributed by atoms with Gasteiger partial charge in [-0.25, -0.2) is 4.98 Å². The van der Waals surface area contributed by atoms with Crippen molar-refractivity contribution >= 4 is 5.91 Å². The summed E-state index contributed by atoms with van der Waals surface area (Å²) in [5.41, 5.74) is 0.868. The van der Waals surface area contributed by atoms with Crippen molar-refractivity contribution in [3.8, 4) is 0 Å². The lowest BCUT2D eigenvalue weighted by molar-refractivity contribution is -0.119. The zero-order valence-corrected chi connectivity index (χ0v) is 6.96. The second-order valence-corrected chi connectivity index (χ2v) is 3.07. The van der Waals surface area contributed by atoms with Crippen LogP contribution in [0.3, 0.4) is 0 Å². The van der Waals surface area contributed by atoms with Crippen molar-refractivity contribution in [2.24, 2.45) is 0 Å². The molecule has 13 heavy (non-hydrogen) atoms. The number of nitrogens with one attached hydrogen (secondary N) is 1. The van der Waals surface area contributed by atoms with Crippen LogP contribution in [0.25, 0.3) is 0 Å². The molecule has 2 heterocycles. The van der Waals surface area contributed by atoms with Crippen LogP contribution in [0.2, 0.25) is 0 Å². The first-order valence-electron chi connectivity index (χ1n) is 4.16. The van der Waals surface area contributed by atoms with Gasteiger partial charge in [-0.05, 0) is 18.1 Å². The normalized spacial score (nSPS) is 21.6. The Labute approximate surface area is 75.0 Å². The maximum atomic E-state index is 12.5. The SMILES string of the molecule is O=C1CCC(c2ccc(F)nc2)N1. The van der Waals surface area contributed by atoms with Gasteiger partial charge >= 0.3 is 0 Å². The molecule has 2 rings (SSSR count). The summed E-state index contributed by atoms with van der Waals surface area (Å²) < 4.78 is 12.5. The Hall–Kier alpha value is -1.45. The Morgan fingerprint density at radius 3 is 2.92 bits per heavy atom. The fourth-order valence-corrected chi connectivity index (χ4v) is 1.46. The van der Waals surface area contributed by atoms with E-state index in [-0.39, 0.29) is 11.9 Å². The molecule has 1 unspecified atom stereocenters. The lowest BCUT2D eigenvalue weighted by Crippen LogP contribution is -2.18. The molecule has 1 aliphatic heterocycles. The van der Waals surface area contributed by atoms with Crippen molar-refractivity contribution in [1.82, 2.24) is 10.3 Å². The third-order valence-electron chi connectivity index (χ3n) is 2.15. The molecule has 1 aromatic rings. The Morgan fingerprint density at radius 2 is 2.38 bits per heavy atom. The van der Waals surface area contributed by atoms with Gasteiger partial charge in [-0.1, -0.05) is 6.07 Å². The first-order chi connectivity index (χ1) is 6.25. The summed E-state index contributed by atoms with van der Waals surface area (Å²) in [4.78, 5) is 14.4. The lowest BCUT2D eigenvalue weighted by atomic mass is 10.1. The van der Waals surface area contributed by atoms with E-state index in [2.05, 4.69) is 10.3 Å². The molecule has 1 N–H and O–H groups in total. The van der Waals surface area contributed by atoms with Gasteiger partial charge in [-0.3, -0.25) is 4.79 Å². The molecule has 3 nitrogen and oxygen atoms in total. The third-order valence-corrected chi connectivity index (χ3v) is 2.15. The van der Waals surface area contributed by atoms with E-state index in [4.69, 9.17) is 0 Å². The number of aromatic nitrogens is 1. The molecule has 1 atom stereocenters. The van der Waals surface area contributed by atoms with Crippen LogP contribution < -0.4 is 5.32 Å². The molecule has 1 aliphatic rings. The van der Waals surface area contributed by atoms with Crippen LogP contribution in [-0.2, 0) is 4.79 Å². The number of rotatable bonds is 1. The number of hydrogen-bond acceptors (Lipinski definition) is 2. The summed E-state index contributed by atoms with van der Waals surface area (Å²) in [6, 6.07) is 2.97. The highest BCUT2D eigenvalue weighted by Gasteiger charge is 2.22. The zero-order valence-electron chi connectivity index (χ0n) is 6.96. The second kappa shape index (κ2) is 3.12. The summed E-state index contributed by atoms with van der Waals surface area (Å²) in [5, 5.41) is 2.79. The second-order valence-electron chi connectivity index (χ2n) is 3.07. The highest BCUT2D eigenvalue weighted by atomic mass is 19.1. The van der Waals surface area contributed by atoms with Gasteiger partial charge in [0.25, 0.3) is 0 Å². The van der Waals surface area contributed by atoms with Crippen molar-refractivity contribution in [1.29, 1.82) is 0 Å². The zero-order chi connectivity index (χ0) is 9.26. The molecular weight excluding hydrogens is 171 g/mol. The van der Waals surface area contributed by atoms with E-state index in [0.717, 1.165) is 12.0 Å². The van der Waals surface area contributed by atoms with E-state index in [1.165, 1.54) is 12.3 Å². The molecule has 0 aliphatic carbocycles. The average molecular weight is 180 g/mol. The summed E-state index contributed by atoms with van der Waals surface area (Å²) in [6.45, 7) is 0. The van der Waals surface area contributed by atoms with Crippen LogP contribution in [0.5, 0.6) is 0 Å². The van der Waals surface area contributed by atoms with Crippen LogP contribution >= 0.6 is 0 Å². The monoisotopic (exact) mass is 180 g/mol. The first-order valence-corrected chi connectivity index (χ1v) is 4.16. The molecule has 0 spiro atoms. The fourth-order valence-electron chi connectivity index (χ4n) is 1.46. The van der Waals surface area contributed by atoms with Gasteiger partial charge in [0.05, 0.1) is 6.04 Å². The largest absolute Gasteiger partial charge is 0.349 e. The molecule has 1 aromatic heterocycles. The van der Waals surface area contributed by atoms with Gasteiger partial charge in [0, 0.05) is 12.6 Å². The van der Waals surface area contributed by atoms with E-state index in [0.29, 0.717) is 6.42 Å². The highest BCUT2D eigenvalue weighted by molar-refractivity contribution is 5.78. The molecule has 1 saturated heterocycles. The smallest absolute Gasteiger partial charge is 0.220 e. The van der Waals surface area contributed by atoms with E-state index in [9.17, 15) is 9.18 Å². The number of nitrogens with zero attached hydrogens (tertiary/aromatic N) is 1. The quantitative estimate of drug-likeness (QED) is 0.659. The van der Waals surface area contributed by atoms with E-state index >= 15 is 0 Å². The molecular formula is C9H9FN2O. The summed E-state index contributed by atoms with van der Waals surface area (Å²) in [5.74, 6) is -0.442. The summed E-state index contributed by atoms with van der Waals surface area (Å²) in [6.07, 6.45) is 2.78. The molecule has 68 valence electrons. The van der Waals surface area contributed by atoms with Crippen LogP contribution in [0.15, 0.2) is 18.3 Å². The highest BCUT2D eigenvalue weighted by Crippen LogP contribution is 2.22. The van der Waals surface area contributed by atoms with Crippen molar-refractivity contribution in [2.75, 3.05) is 0 Å².